The van der Waals surface area contributed by atoms with Gasteiger partial charge < -0.3 is 11.1 Å². The number of benzene rings is 1. The molecule has 0 radical (unpaired) electrons. The van der Waals surface area contributed by atoms with Gasteiger partial charge in [0.2, 0.25) is 5.91 Å². The molecule has 0 aliphatic carbocycles. The molecule has 1 aromatic rings. The second-order valence-corrected chi connectivity index (χ2v) is 4.78. The summed E-state index contributed by atoms with van der Waals surface area (Å²) < 4.78 is 26.7. The number of amides is 1. The summed E-state index contributed by atoms with van der Waals surface area (Å²) >= 11 is 0. The van der Waals surface area contributed by atoms with Gasteiger partial charge in [-0.3, -0.25) is 4.79 Å². The van der Waals surface area contributed by atoms with E-state index >= 15 is 0 Å². The number of hydrogen-bond acceptors (Lipinski definition) is 2. The van der Waals surface area contributed by atoms with Crippen LogP contribution in [0.5, 0.6) is 0 Å². The summed E-state index contributed by atoms with van der Waals surface area (Å²) in [6.07, 6.45) is 0.775. The Kier molecular flexibility index (Phi) is 5.42. The SMILES string of the molecule is CCC(C)C(N)C(=O)NC(C)c1cccc(F)c1F. The summed E-state index contributed by atoms with van der Waals surface area (Å²) in [5, 5.41) is 2.61. The lowest BCUT2D eigenvalue weighted by Gasteiger charge is -2.21. The van der Waals surface area contributed by atoms with Crippen LogP contribution in [0.4, 0.5) is 8.78 Å². The Labute approximate surface area is 112 Å². The number of carbonyl (C=O) groups excluding carboxylic acids is 1. The normalized spacial score (nSPS) is 15.7. The number of nitrogens with two attached hydrogens (primary N) is 1. The molecule has 3 unspecified atom stereocenters. The van der Waals surface area contributed by atoms with Crippen LogP contribution in [0.3, 0.4) is 0 Å². The van der Waals surface area contributed by atoms with Crippen molar-refractivity contribution < 1.29 is 13.6 Å². The van der Waals surface area contributed by atoms with Crippen molar-refractivity contribution in [2.24, 2.45) is 11.7 Å². The molecule has 0 spiro atoms. The fraction of sp³-hybridized carbons (Fsp3) is 0.500. The molecule has 0 aromatic heterocycles. The first kappa shape index (κ1) is 15.6. The highest BCUT2D eigenvalue weighted by Gasteiger charge is 2.22. The van der Waals surface area contributed by atoms with Gasteiger partial charge in [-0.05, 0) is 18.9 Å². The summed E-state index contributed by atoms with van der Waals surface area (Å²) in [6.45, 7) is 5.41. The minimum absolute atomic E-state index is 0.0320. The quantitative estimate of drug-likeness (QED) is 0.863. The van der Waals surface area contributed by atoms with Gasteiger partial charge in [0, 0.05) is 5.56 Å². The van der Waals surface area contributed by atoms with Crippen molar-refractivity contribution in [2.45, 2.75) is 39.3 Å². The van der Waals surface area contributed by atoms with E-state index in [2.05, 4.69) is 5.32 Å². The van der Waals surface area contributed by atoms with Crippen LogP contribution >= 0.6 is 0 Å². The van der Waals surface area contributed by atoms with Crippen molar-refractivity contribution in [1.82, 2.24) is 5.32 Å². The van der Waals surface area contributed by atoms with E-state index in [1.54, 1.807) is 6.92 Å². The minimum Gasteiger partial charge on any atom is -0.348 e. The third-order valence-electron chi connectivity index (χ3n) is 3.37. The van der Waals surface area contributed by atoms with Crippen LogP contribution < -0.4 is 11.1 Å². The average Bonchev–Trinajstić information content (AvgIpc) is 2.39. The molecule has 0 heterocycles. The maximum atomic E-state index is 13.6. The van der Waals surface area contributed by atoms with Crippen LogP contribution in [0.15, 0.2) is 18.2 Å². The molecule has 0 aliphatic heterocycles. The third-order valence-corrected chi connectivity index (χ3v) is 3.37. The molecule has 3 N–H and O–H groups in total. The number of halogens is 2. The van der Waals surface area contributed by atoms with Gasteiger partial charge in [0.15, 0.2) is 11.6 Å². The van der Waals surface area contributed by atoms with Crippen molar-refractivity contribution in [3.63, 3.8) is 0 Å². The first-order valence-corrected chi connectivity index (χ1v) is 6.38. The highest BCUT2D eigenvalue weighted by atomic mass is 19.2. The van der Waals surface area contributed by atoms with Crippen molar-refractivity contribution >= 4 is 5.91 Å². The Hall–Kier alpha value is -1.49. The van der Waals surface area contributed by atoms with E-state index in [-0.39, 0.29) is 17.4 Å². The Bertz CT molecular complexity index is 451. The summed E-state index contributed by atoms with van der Waals surface area (Å²) in [7, 11) is 0. The molecule has 0 aliphatic rings. The molecular weight excluding hydrogens is 250 g/mol. The van der Waals surface area contributed by atoms with Gasteiger partial charge in [-0.1, -0.05) is 32.4 Å². The number of nitrogens with one attached hydrogen (secondary N) is 1. The summed E-state index contributed by atoms with van der Waals surface area (Å²) in [5.41, 5.74) is 5.90. The van der Waals surface area contributed by atoms with E-state index in [9.17, 15) is 13.6 Å². The van der Waals surface area contributed by atoms with Gasteiger partial charge >= 0.3 is 0 Å². The monoisotopic (exact) mass is 270 g/mol. The molecule has 3 nitrogen and oxygen atoms in total. The van der Waals surface area contributed by atoms with Crippen molar-refractivity contribution in [3.05, 3.63) is 35.4 Å². The first-order chi connectivity index (χ1) is 8.88. The molecule has 1 aromatic carbocycles. The van der Waals surface area contributed by atoms with E-state index in [0.29, 0.717) is 0 Å². The number of hydrogen-bond donors (Lipinski definition) is 2. The highest BCUT2D eigenvalue weighted by Crippen LogP contribution is 2.19. The molecule has 3 atom stereocenters. The van der Waals surface area contributed by atoms with Crippen LogP contribution in [0, 0.1) is 17.6 Å². The van der Waals surface area contributed by atoms with E-state index in [1.807, 2.05) is 13.8 Å². The topological polar surface area (TPSA) is 55.1 Å². The highest BCUT2D eigenvalue weighted by molar-refractivity contribution is 5.82. The maximum Gasteiger partial charge on any atom is 0.237 e. The first-order valence-electron chi connectivity index (χ1n) is 6.38. The Morgan fingerprint density at radius 1 is 1.37 bits per heavy atom. The Balaban J connectivity index is 2.77. The van der Waals surface area contributed by atoms with Crippen LogP contribution in [0.2, 0.25) is 0 Å². The fourth-order valence-corrected chi connectivity index (χ4v) is 1.75. The number of carbonyl (C=O) groups is 1. The van der Waals surface area contributed by atoms with Gasteiger partial charge in [0.05, 0.1) is 12.1 Å². The molecule has 0 fully saturated rings. The predicted octanol–water partition coefficient (Wildman–Crippen LogP) is 2.52. The van der Waals surface area contributed by atoms with E-state index < -0.39 is 23.7 Å². The lowest BCUT2D eigenvalue weighted by Crippen LogP contribution is -2.45. The van der Waals surface area contributed by atoms with Crippen molar-refractivity contribution in [3.8, 4) is 0 Å². The molecular formula is C14H20F2N2O. The van der Waals surface area contributed by atoms with E-state index in [1.165, 1.54) is 12.1 Å². The fourth-order valence-electron chi connectivity index (χ4n) is 1.75. The molecule has 19 heavy (non-hydrogen) atoms. The Morgan fingerprint density at radius 2 is 2.00 bits per heavy atom. The summed E-state index contributed by atoms with van der Waals surface area (Å²) in [4.78, 5) is 11.9. The lowest BCUT2D eigenvalue weighted by molar-refractivity contribution is -0.124. The van der Waals surface area contributed by atoms with Gasteiger partial charge in [-0.15, -0.1) is 0 Å². The van der Waals surface area contributed by atoms with E-state index in [0.717, 1.165) is 12.5 Å². The van der Waals surface area contributed by atoms with E-state index in [4.69, 9.17) is 5.73 Å². The zero-order chi connectivity index (χ0) is 14.6. The molecule has 5 heteroatoms. The molecule has 1 rings (SSSR count). The molecule has 1 amide bonds. The van der Waals surface area contributed by atoms with Crippen LogP contribution in [-0.2, 0) is 4.79 Å². The second kappa shape index (κ2) is 6.61. The molecule has 106 valence electrons. The zero-order valence-electron chi connectivity index (χ0n) is 11.4. The van der Waals surface area contributed by atoms with Gasteiger partial charge in [-0.2, -0.15) is 0 Å². The summed E-state index contributed by atoms with van der Waals surface area (Å²) in [5.74, 6) is -2.19. The van der Waals surface area contributed by atoms with Gasteiger partial charge in [0.25, 0.3) is 0 Å². The minimum atomic E-state index is -0.938. The van der Waals surface area contributed by atoms with Crippen molar-refractivity contribution in [1.29, 1.82) is 0 Å². The maximum absolute atomic E-state index is 13.6. The number of rotatable bonds is 5. The molecule has 0 saturated carbocycles. The van der Waals surface area contributed by atoms with Crippen molar-refractivity contribution in [2.75, 3.05) is 0 Å². The molecule has 0 bridgehead atoms. The largest absolute Gasteiger partial charge is 0.348 e. The van der Waals surface area contributed by atoms with Crippen LogP contribution in [-0.4, -0.2) is 11.9 Å². The third kappa shape index (κ3) is 3.73. The average molecular weight is 270 g/mol. The smallest absolute Gasteiger partial charge is 0.237 e. The zero-order valence-corrected chi connectivity index (χ0v) is 11.4. The second-order valence-electron chi connectivity index (χ2n) is 4.78. The van der Waals surface area contributed by atoms with Gasteiger partial charge in [0.1, 0.15) is 0 Å². The van der Waals surface area contributed by atoms with Gasteiger partial charge in [-0.25, -0.2) is 8.78 Å². The predicted molar refractivity (Wildman–Crippen MR) is 70.3 cm³/mol. The summed E-state index contributed by atoms with van der Waals surface area (Å²) in [6, 6.07) is 2.61. The Morgan fingerprint density at radius 3 is 2.58 bits per heavy atom. The van der Waals surface area contributed by atoms with Crippen LogP contribution in [0.1, 0.15) is 38.8 Å². The molecule has 0 saturated heterocycles. The van der Waals surface area contributed by atoms with Crippen LogP contribution in [0.25, 0.3) is 0 Å². The lowest BCUT2D eigenvalue weighted by atomic mass is 9.98. The standard InChI is InChI=1S/C14H20F2N2O/c1-4-8(2)13(17)14(19)18-9(3)10-6-5-7-11(15)12(10)16/h5-9,13H,4,17H2,1-3H3,(H,18,19).